The Morgan fingerprint density at radius 3 is 2.62 bits per heavy atom. The summed E-state index contributed by atoms with van der Waals surface area (Å²) in [6.45, 7) is 1.80. The highest BCUT2D eigenvalue weighted by atomic mass is 35.5. The first-order chi connectivity index (χ1) is 9.88. The number of nitrogens with one attached hydrogen (secondary N) is 1. The molecule has 7 heteroatoms. The lowest BCUT2D eigenvalue weighted by Crippen LogP contribution is -2.14. The van der Waals surface area contributed by atoms with Crippen molar-refractivity contribution < 1.29 is 14.1 Å². The molecule has 0 aliphatic rings. The van der Waals surface area contributed by atoms with E-state index in [9.17, 15) is 19.3 Å². The van der Waals surface area contributed by atoms with Gasteiger partial charge in [-0.25, -0.2) is 4.39 Å². The number of nitro groups is 1. The molecule has 2 rings (SSSR count). The molecule has 0 aliphatic heterocycles. The molecule has 0 saturated carbocycles. The first-order valence-electron chi connectivity index (χ1n) is 5.90. The fourth-order valence-electron chi connectivity index (χ4n) is 1.67. The second-order valence-corrected chi connectivity index (χ2v) is 4.75. The van der Waals surface area contributed by atoms with E-state index in [-0.39, 0.29) is 5.69 Å². The van der Waals surface area contributed by atoms with Gasteiger partial charge in [-0.2, -0.15) is 0 Å². The van der Waals surface area contributed by atoms with E-state index >= 15 is 0 Å². The van der Waals surface area contributed by atoms with E-state index in [0.29, 0.717) is 10.7 Å². The third kappa shape index (κ3) is 3.35. The smallest absolute Gasteiger partial charge is 0.270 e. The molecule has 0 aromatic heterocycles. The van der Waals surface area contributed by atoms with Gasteiger partial charge in [0.05, 0.1) is 10.5 Å². The predicted molar refractivity (Wildman–Crippen MR) is 77.2 cm³/mol. The molecule has 2 aromatic rings. The van der Waals surface area contributed by atoms with Crippen molar-refractivity contribution in [2.24, 2.45) is 0 Å². The minimum Gasteiger partial charge on any atom is -0.322 e. The molecule has 0 radical (unpaired) electrons. The van der Waals surface area contributed by atoms with E-state index in [0.717, 1.165) is 23.8 Å². The van der Waals surface area contributed by atoms with Gasteiger partial charge in [-0.3, -0.25) is 14.9 Å². The van der Waals surface area contributed by atoms with Crippen LogP contribution < -0.4 is 5.32 Å². The Morgan fingerprint density at radius 2 is 2.00 bits per heavy atom. The molecule has 0 fully saturated rings. The highest BCUT2D eigenvalue weighted by Crippen LogP contribution is 2.22. The van der Waals surface area contributed by atoms with Crippen molar-refractivity contribution >= 4 is 28.9 Å². The Labute approximate surface area is 124 Å². The van der Waals surface area contributed by atoms with E-state index in [1.165, 1.54) is 6.07 Å². The van der Waals surface area contributed by atoms with Gasteiger partial charge in [-0.15, -0.1) is 0 Å². The van der Waals surface area contributed by atoms with E-state index in [4.69, 9.17) is 11.6 Å². The molecule has 0 bridgehead atoms. The molecule has 21 heavy (non-hydrogen) atoms. The van der Waals surface area contributed by atoms with Gasteiger partial charge in [0.25, 0.3) is 11.6 Å². The minimum atomic E-state index is -0.837. The van der Waals surface area contributed by atoms with Gasteiger partial charge in [0.15, 0.2) is 0 Å². The number of hydrogen-bond donors (Lipinski definition) is 1. The normalized spacial score (nSPS) is 10.2. The number of nitro benzene ring substituents is 1. The minimum absolute atomic E-state index is 0.358. The summed E-state index contributed by atoms with van der Waals surface area (Å²) in [6, 6.07) is 7.59. The SMILES string of the molecule is Cc1ccc(NC(=O)c2cc([N+](=O)[O-])ccc2F)cc1Cl. The fraction of sp³-hybridized carbons (Fsp3) is 0.0714. The van der Waals surface area contributed by atoms with Crippen molar-refractivity contribution in [3.63, 3.8) is 0 Å². The average molecular weight is 309 g/mol. The second kappa shape index (κ2) is 5.88. The van der Waals surface area contributed by atoms with Crippen LogP contribution in [0.25, 0.3) is 0 Å². The van der Waals surface area contributed by atoms with Crippen LogP contribution in [0.3, 0.4) is 0 Å². The molecule has 0 heterocycles. The van der Waals surface area contributed by atoms with Gasteiger partial charge in [-0.1, -0.05) is 17.7 Å². The second-order valence-electron chi connectivity index (χ2n) is 4.34. The largest absolute Gasteiger partial charge is 0.322 e. The van der Waals surface area contributed by atoms with E-state index in [2.05, 4.69) is 5.32 Å². The summed E-state index contributed by atoms with van der Waals surface area (Å²) in [6.07, 6.45) is 0. The van der Waals surface area contributed by atoms with Gasteiger partial charge < -0.3 is 5.32 Å². The first-order valence-corrected chi connectivity index (χ1v) is 6.27. The number of halogens is 2. The number of aryl methyl sites for hydroxylation is 1. The zero-order valence-corrected chi connectivity index (χ0v) is 11.6. The van der Waals surface area contributed by atoms with Crippen LogP contribution >= 0.6 is 11.6 Å². The highest BCUT2D eigenvalue weighted by Gasteiger charge is 2.17. The Morgan fingerprint density at radius 1 is 1.29 bits per heavy atom. The number of carbonyl (C=O) groups excluding carboxylic acids is 1. The van der Waals surface area contributed by atoms with Gasteiger partial charge in [0, 0.05) is 22.8 Å². The molecule has 0 unspecified atom stereocenters. The van der Waals surface area contributed by atoms with E-state index in [1.807, 2.05) is 0 Å². The Hall–Kier alpha value is -2.47. The summed E-state index contributed by atoms with van der Waals surface area (Å²) in [5.74, 6) is -1.62. The molecule has 0 saturated heterocycles. The molecule has 0 aliphatic carbocycles. The number of non-ortho nitro benzene ring substituents is 1. The van der Waals surface area contributed by atoms with Crippen LogP contribution in [0, 0.1) is 22.9 Å². The monoisotopic (exact) mass is 308 g/mol. The number of rotatable bonds is 3. The molecule has 1 N–H and O–H groups in total. The van der Waals surface area contributed by atoms with Crippen LogP contribution in [0.4, 0.5) is 15.8 Å². The lowest BCUT2D eigenvalue weighted by Gasteiger charge is -2.07. The molecular formula is C14H10ClFN2O3. The van der Waals surface area contributed by atoms with E-state index < -0.39 is 22.2 Å². The molecule has 0 spiro atoms. The molecule has 108 valence electrons. The maximum Gasteiger partial charge on any atom is 0.270 e. The standard InChI is InChI=1S/C14H10ClFN2O3/c1-8-2-3-9(6-12(8)15)17-14(19)11-7-10(18(20)21)4-5-13(11)16/h2-7H,1H3,(H,17,19). The summed E-state index contributed by atoms with van der Waals surface area (Å²) >= 11 is 5.93. The van der Waals surface area contributed by atoms with Crippen molar-refractivity contribution in [2.45, 2.75) is 6.92 Å². The van der Waals surface area contributed by atoms with Gasteiger partial charge in [0.2, 0.25) is 0 Å². The Balaban J connectivity index is 2.29. The number of benzene rings is 2. The third-order valence-corrected chi connectivity index (χ3v) is 3.24. The topological polar surface area (TPSA) is 72.2 Å². The van der Waals surface area contributed by atoms with Crippen molar-refractivity contribution in [1.82, 2.24) is 0 Å². The number of carbonyl (C=O) groups is 1. The maximum absolute atomic E-state index is 13.6. The van der Waals surface area contributed by atoms with Crippen LogP contribution in [0.2, 0.25) is 5.02 Å². The molecule has 2 aromatic carbocycles. The molecule has 0 atom stereocenters. The lowest BCUT2D eigenvalue weighted by atomic mass is 10.1. The predicted octanol–water partition coefficient (Wildman–Crippen LogP) is 3.95. The van der Waals surface area contributed by atoms with Crippen molar-refractivity contribution in [1.29, 1.82) is 0 Å². The average Bonchev–Trinajstić information content (AvgIpc) is 2.43. The van der Waals surface area contributed by atoms with Crippen molar-refractivity contribution in [3.05, 3.63) is 68.5 Å². The summed E-state index contributed by atoms with van der Waals surface area (Å²) in [5, 5.41) is 13.6. The van der Waals surface area contributed by atoms with Gasteiger partial charge >= 0.3 is 0 Å². The lowest BCUT2D eigenvalue weighted by molar-refractivity contribution is -0.384. The summed E-state index contributed by atoms with van der Waals surface area (Å²) in [7, 11) is 0. The number of amides is 1. The zero-order chi connectivity index (χ0) is 15.6. The number of anilines is 1. The number of nitrogens with zero attached hydrogens (tertiary/aromatic N) is 1. The third-order valence-electron chi connectivity index (χ3n) is 2.84. The number of hydrogen-bond acceptors (Lipinski definition) is 3. The zero-order valence-electron chi connectivity index (χ0n) is 10.9. The van der Waals surface area contributed by atoms with Crippen LogP contribution in [-0.4, -0.2) is 10.8 Å². The van der Waals surface area contributed by atoms with Crippen LogP contribution in [0.5, 0.6) is 0 Å². The first kappa shape index (κ1) is 14.9. The summed E-state index contributed by atoms with van der Waals surface area (Å²) in [4.78, 5) is 22.0. The van der Waals surface area contributed by atoms with Crippen LogP contribution in [0.15, 0.2) is 36.4 Å². The van der Waals surface area contributed by atoms with Crippen molar-refractivity contribution in [3.8, 4) is 0 Å². The Bertz CT molecular complexity index is 734. The van der Waals surface area contributed by atoms with Gasteiger partial charge in [-0.05, 0) is 30.7 Å². The van der Waals surface area contributed by atoms with Crippen LogP contribution in [0.1, 0.15) is 15.9 Å². The van der Waals surface area contributed by atoms with Gasteiger partial charge in [0.1, 0.15) is 5.82 Å². The maximum atomic E-state index is 13.6. The van der Waals surface area contributed by atoms with E-state index in [1.54, 1.807) is 19.1 Å². The summed E-state index contributed by atoms with van der Waals surface area (Å²) < 4.78 is 13.6. The molecule has 5 nitrogen and oxygen atoms in total. The quantitative estimate of drug-likeness (QED) is 0.689. The highest BCUT2D eigenvalue weighted by molar-refractivity contribution is 6.31. The molecular weight excluding hydrogens is 299 g/mol. The summed E-state index contributed by atoms with van der Waals surface area (Å²) in [5.41, 5.74) is 0.446. The Kier molecular flexibility index (Phi) is 4.18. The molecule has 1 amide bonds. The van der Waals surface area contributed by atoms with Crippen molar-refractivity contribution in [2.75, 3.05) is 5.32 Å². The fourth-order valence-corrected chi connectivity index (χ4v) is 1.85. The van der Waals surface area contributed by atoms with Crippen LogP contribution in [-0.2, 0) is 0 Å².